The number of rotatable bonds is 6. The minimum absolute atomic E-state index is 0.614. The lowest BCUT2D eigenvalue weighted by atomic mass is 10.0. The third-order valence-corrected chi connectivity index (χ3v) is 10.7. The molecule has 0 saturated heterocycles. The Morgan fingerprint density at radius 2 is 0.724 bits per heavy atom. The monoisotopic (exact) mass is 746 g/mol. The van der Waals surface area contributed by atoms with Crippen molar-refractivity contribution in [2.45, 2.75) is 0 Å². The van der Waals surface area contributed by atoms with Gasteiger partial charge in [0.15, 0.2) is 11.5 Å². The molecule has 11 rings (SSSR count). The van der Waals surface area contributed by atoms with E-state index in [1.807, 2.05) is 84.9 Å². The van der Waals surface area contributed by atoms with E-state index in [-0.39, 0.29) is 0 Å². The molecule has 8 bridgehead atoms. The second kappa shape index (κ2) is 14.0. The SMILES string of the molecule is C1=Cc2nc1c(-c1ccccc1)c1nc(c(Oc3cccc4ccccc34)c3ccc([nH]3)c(-c3ccccc3)c3ccc([nH]3)c2Oc2cccc3ccccc23)C=C1. The molecule has 0 atom stereocenters. The summed E-state index contributed by atoms with van der Waals surface area (Å²) in [6.07, 6.45) is 8.16. The maximum Gasteiger partial charge on any atom is 0.176 e. The second-order valence-corrected chi connectivity index (χ2v) is 14.3. The Morgan fingerprint density at radius 1 is 0.328 bits per heavy atom. The van der Waals surface area contributed by atoms with Gasteiger partial charge in [-0.05, 0) is 82.6 Å². The zero-order valence-electron chi connectivity index (χ0n) is 31.2. The van der Waals surface area contributed by atoms with Gasteiger partial charge in [-0.3, -0.25) is 0 Å². The van der Waals surface area contributed by atoms with Gasteiger partial charge in [-0.15, -0.1) is 0 Å². The molecule has 6 heteroatoms. The molecule has 3 aromatic heterocycles. The molecule has 6 aromatic carbocycles. The molecule has 0 spiro atoms. The first kappa shape index (κ1) is 33.4. The number of hydrogen-bond donors (Lipinski definition) is 2. The fourth-order valence-corrected chi connectivity index (χ4v) is 7.97. The number of aromatic amines is 2. The zero-order chi connectivity index (χ0) is 38.4. The normalized spacial score (nSPS) is 12.0. The van der Waals surface area contributed by atoms with E-state index in [0.29, 0.717) is 22.9 Å². The van der Waals surface area contributed by atoms with Crippen molar-refractivity contribution in [3.8, 4) is 45.3 Å². The van der Waals surface area contributed by atoms with Gasteiger partial charge in [0.1, 0.15) is 22.9 Å². The van der Waals surface area contributed by atoms with Crippen LogP contribution >= 0.6 is 0 Å². The van der Waals surface area contributed by atoms with Crippen LogP contribution in [0.1, 0.15) is 22.8 Å². The van der Waals surface area contributed by atoms with Crippen LogP contribution in [0.3, 0.4) is 0 Å². The maximum atomic E-state index is 6.97. The van der Waals surface area contributed by atoms with E-state index in [2.05, 4.69) is 119 Å². The van der Waals surface area contributed by atoms with E-state index in [4.69, 9.17) is 19.4 Å². The molecule has 5 heterocycles. The molecule has 0 aliphatic carbocycles. The average molecular weight is 747 g/mol. The summed E-state index contributed by atoms with van der Waals surface area (Å²) in [7, 11) is 0. The molecule has 0 saturated carbocycles. The zero-order valence-corrected chi connectivity index (χ0v) is 31.2. The summed E-state index contributed by atoms with van der Waals surface area (Å²) in [5.41, 5.74) is 10.3. The van der Waals surface area contributed by atoms with E-state index >= 15 is 0 Å². The predicted molar refractivity (Wildman–Crippen MR) is 238 cm³/mol. The summed E-state index contributed by atoms with van der Waals surface area (Å²) in [6.45, 7) is 0. The molecule has 0 unspecified atom stereocenters. The second-order valence-electron chi connectivity index (χ2n) is 14.3. The van der Waals surface area contributed by atoms with Crippen molar-refractivity contribution in [3.05, 3.63) is 193 Å². The number of benzene rings is 6. The van der Waals surface area contributed by atoms with Crippen molar-refractivity contribution in [2.24, 2.45) is 0 Å². The molecule has 2 N–H and O–H groups in total. The van der Waals surface area contributed by atoms with Crippen molar-refractivity contribution in [1.29, 1.82) is 0 Å². The fraction of sp³-hybridized carbons (Fsp3) is 0. The minimum atomic E-state index is 0.614. The molecule has 274 valence electrons. The average Bonchev–Trinajstić information content (AvgIpc) is 4.13. The van der Waals surface area contributed by atoms with Crippen molar-refractivity contribution < 1.29 is 9.47 Å². The third-order valence-electron chi connectivity index (χ3n) is 10.7. The molecule has 2 aliphatic rings. The summed E-state index contributed by atoms with van der Waals surface area (Å²) in [4.78, 5) is 18.2. The molecule has 6 nitrogen and oxygen atoms in total. The first-order valence-corrected chi connectivity index (χ1v) is 19.3. The number of nitrogens with one attached hydrogen (secondary N) is 2. The first-order valence-electron chi connectivity index (χ1n) is 19.3. The van der Waals surface area contributed by atoms with Gasteiger partial charge in [0.05, 0.1) is 22.4 Å². The highest BCUT2D eigenvalue weighted by Gasteiger charge is 2.20. The Labute approximate surface area is 334 Å². The number of fused-ring (bicyclic) bond motifs is 10. The van der Waals surface area contributed by atoms with Gasteiger partial charge in [0.2, 0.25) is 0 Å². The van der Waals surface area contributed by atoms with E-state index in [1.54, 1.807) is 0 Å². The largest absolute Gasteiger partial charge is 0.452 e. The minimum Gasteiger partial charge on any atom is -0.452 e. The molecule has 0 radical (unpaired) electrons. The van der Waals surface area contributed by atoms with Crippen LogP contribution in [-0.4, -0.2) is 19.9 Å². The summed E-state index contributed by atoms with van der Waals surface area (Å²) in [5, 5.41) is 4.22. The quantitative estimate of drug-likeness (QED) is 0.178. The van der Waals surface area contributed by atoms with Gasteiger partial charge in [-0.25, -0.2) is 9.97 Å². The summed E-state index contributed by atoms with van der Waals surface area (Å²) in [6, 6.07) is 57.9. The highest BCUT2D eigenvalue weighted by molar-refractivity contribution is 5.97. The molecular weight excluding hydrogens is 713 g/mol. The van der Waals surface area contributed by atoms with Crippen LogP contribution in [0.25, 0.3) is 90.2 Å². The first-order chi connectivity index (χ1) is 28.7. The molecule has 0 fully saturated rings. The van der Waals surface area contributed by atoms with Crippen LogP contribution in [0.2, 0.25) is 0 Å². The van der Waals surface area contributed by atoms with Gasteiger partial charge in [0.25, 0.3) is 0 Å². The summed E-state index contributed by atoms with van der Waals surface area (Å²) < 4.78 is 13.9. The fourth-order valence-electron chi connectivity index (χ4n) is 7.97. The Bertz CT molecular complexity index is 3100. The smallest absolute Gasteiger partial charge is 0.176 e. The van der Waals surface area contributed by atoms with Crippen molar-refractivity contribution in [1.82, 2.24) is 19.9 Å². The van der Waals surface area contributed by atoms with E-state index < -0.39 is 0 Å². The van der Waals surface area contributed by atoms with Crippen LogP contribution in [-0.2, 0) is 0 Å². The van der Waals surface area contributed by atoms with Crippen LogP contribution in [0.15, 0.2) is 170 Å². The lowest BCUT2D eigenvalue weighted by molar-refractivity contribution is 0.490. The van der Waals surface area contributed by atoms with Crippen LogP contribution in [0.5, 0.6) is 23.0 Å². The Kier molecular flexibility index (Phi) is 8.04. The summed E-state index contributed by atoms with van der Waals surface area (Å²) in [5.74, 6) is 2.72. The number of hydrogen-bond acceptors (Lipinski definition) is 4. The molecule has 2 aliphatic heterocycles. The standard InChI is InChI=1S/C52H34N4O2/c1-3-15-35(16-4-1)49-39-25-29-43(53-39)51(57-47-23-11-19-33-13-7-9-21-37(33)47)45-31-27-41(55-45)50(36-17-5-2-6-18-36)42-28-32-46(56-42)52(44-30-26-40(49)54-44)58-48-24-12-20-34-14-8-10-22-38(34)48/h1-32,53-54H. The van der Waals surface area contributed by atoms with Crippen molar-refractivity contribution in [2.75, 3.05) is 0 Å². The number of H-pyrrole nitrogens is 2. The van der Waals surface area contributed by atoms with Gasteiger partial charge < -0.3 is 19.4 Å². The molecule has 58 heavy (non-hydrogen) atoms. The topological polar surface area (TPSA) is 75.8 Å². The lowest BCUT2D eigenvalue weighted by Crippen LogP contribution is -1.92. The predicted octanol–water partition coefficient (Wildman–Crippen LogP) is 13.9. The van der Waals surface area contributed by atoms with Gasteiger partial charge in [-0.1, -0.05) is 133 Å². The van der Waals surface area contributed by atoms with Gasteiger partial charge in [0, 0.05) is 32.9 Å². The summed E-state index contributed by atoms with van der Waals surface area (Å²) >= 11 is 0. The molecule has 9 aromatic rings. The maximum absolute atomic E-state index is 6.97. The Balaban J connectivity index is 1.25. The number of aromatic nitrogens is 4. The van der Waals surface area contributed by atoms with Crippen LogP contribution < -0.4 is 9.47 Å². The Morgan fingerprint density at radius 3 is 1.22 bits per heavy atom. The van der Waals surface area contributed by atoms with Crippen molar-refractivity contribution >= 4 is 67.9 Å². The van der Waals surface area contributed by atoms with Crippen LogP contribution in [0, 0.1) is 0 Å². The van der Waals surface area contributed by atoms with Gasteiger partial charge >= 0.3 is 0 Å². The number of nitrogens with zero attached hydrogens (tertiary/aromatic N) is 2. The van der Waals surface area contributed by atoms with Crippen molar-refractivity contribution in [3.63, 3.8) is 0 Å². The molecular formula is C52H34N4O2. The third kappa shape index (κ3) is 5.92. The van der Waals surface area contributed by atoms with Gasteiger partial charge in [-0.2, -0.15) is 0 Å². The lowest BCUT2D eigenvalue weighted by Gasteiger charge is -2.11. The number of ether oxygens (including phenoxy) is 2. The van der Waals surface area contributed by atoms with Crippen LogP contribution in [0.4, 0.5) is 0 Å². The Hall–Kier alpha value is -7.96. The van der Waals surface area contributed by atoms with E-state index in [0.717, 1.165) is 88.8 Å². The molecule has 0 amide bonds. The van der Waals surface area contributed by atoms with E-state index in [9.17, 15) is 0 Å². The van der Waals surface area contributed by atoms with E-state index in [1.165, 1.54) is 0 Å². The highest BCUT2D eigenvalue weighted by Crippen LogP contribution is 2.41. The highest BCUT2D eigenvalue weighted by atomic mass is 16.5.